The molecule has 0 saturated carbocycles. The van der Waals surface area contributed by atoms with Gasteiger partial charge in [-0.15, -0.1) is 0 Å². The minimum absolute atomic E-state index is 0.0313. The number of fused-ring (bicyclic) bond motifs is 13. The molecular weight excluding hydrogens is 1530 g/mol. The van der Waals surface area contributed by atoms with Crippen LogP contribution in [0.1, 0.15) is 302 Å². The zero-order valence-corrected chi connectivity index (χ0v) is 78.2. The summed E-state index contributed by atoms with van der Waals surface area (Å²) < 4.78 is 2.39. The molecule has 13 aromatic carbocycles. The van der Waals surface area contributed by atoms with E-state index in [0.29, 0.717) is 0 Å². The number of nitrogens with zero attached hydrogens (tertiary/aromatic N) is 1. The minimum Gasteiger partial charge on any atom is -0.443 e. The number of aromatic nitrogens is 1. The number of benzene rings is 13. The van der Waals surface area contributed by atoms with Gasteiger partial charge in [-0.25, -0.2) is 0 Å². The molecule has 0 saturated heterocycles. The molecule has 3 heterocycles. The lowest BCUT2D eigenvalue weighted by Gasteiger charge is -2.33. The monoisotopic (exact) mass is 1660 g/mol. The van der Waals surface area contributed by atoms with E-state index in [0.717, 1.165) is 60.5 Å². The molecule has 642 valence electrons. The molecule has 0 amide bonds. The second-order valence-corrected chi connectivity index (χ2v) is 41.0. The molecular formula is C122H131B2NO2. The highest BCUT2D eigenvalue weighted by atomic mass is 16.2. The van der Waals surface area contributed by atoms with Crippen LogP contribution in [0.4, 0.5) is 0 Å². The van der Waals surface area contributed by atoms with Gasteiger partial charge in [-0.05, 0) is 302 Å². The van der Waals surface area contributed by atoms with Gasteiger partial charge in [-0.1, -0.05) is 385 Å². The Morgan fingerprint density at radius 1 is 0.244 bits per heavy atom. The average Bonchev–Trinajstić information content (AvgIpc) is 1.52. The van der Waals surface area contributed by atoms with Gasteiger partial charge >= 0.3 is 13.8 Å². The van der Waals surface area contributed by atoms with Crippen molar-refractivity contribution in [2.45, 2.75) is 285 Å². The van der Waals surface area contributed by atoms with E-state index in [4.69, 9.17) is 0 Å². The molecule has 127 heavy (non-hydrogen) atoms. The number of hydrogen-bond donors (Lipinski definition) is 2. The quantitative estimate of drug-likeness (QED) is 0.0312. The molecule has 2 aliphatic heterocycles. The molecule has 4 aliphatic carbocycles. The second kappa shape index (κ2) is 34.3. The van der Waals surface area contributed by atoms with Crippen molar-refractivity contribution in [3.05, 3.63) is 291 Å². The highest BCUT2D eigenvalue weighted by molar-refractivity contribution is 6.87. The highest BCUT2D eigenvalue weighted by Crippen LogP contribution is 2.60. The van der Waals surface area contributed by atoms with Crippen LogP contribution in [-0.2, 0) is 21.7 Å². The lowest BCUT2D eigenvalue weighted by Crippen LogP contribution is -2.56. The van der Waals surface area contributed by atoms with E-state index in [-0.39, 0.29) is 21.7 Å². The summed E-state index contributed by atoms with van der Waals surface area (Å²) in [5.41, 5.74) is 48.4. The van der Waals surface area contributed by atoms with Crippen molar-refractivity contribution in [3.8, 4) is 117 Å². The standard InChI is InChI=1S/C122H131B2NO2/c1-13-17-21-25-29-37-60-121(61-38-30-26-22-18-14-2)102-44-35-33-42-92(102)98-58-50-84(74-108(98)121)82-48-54-94-96-56-52-86(72-106(96)119(9,10)104(94)70-82)88-64-78(5)114(79(6)65-88)90-68-100-101-69-91(77-113-117(101)125-116(100)112(76-90)123(126)110-46-41-47-111(118(110)125)124(113)127)115-80(7)66-89(67-81(115)8)87-53-57-97-95-55-49-83(71-105(95)120(11,12)107(97)73-87)85-51-59-99-93-43-34-36-45-103(93)122(109(99)75-85,62-39-31-27-23-19-15-3)63-40-32-28-24-20-16-4/h33-36,41-59,64-77,126-127H,13-32,37-40,60-63H2,1-12H3. The Balaban J connectivity index is 0.597. The first kappa shape index (κ1) is 84.8. The fraction of sp³-hybridized carbons (Fsp3) is 0.361. The van der Waals surface area contributed by atoms with Gasteiger partial charge in [0.25, 0.3) is 0 Å². The fourth-order valence-electron chi connectivity index (χ4n) is 25.7. The van der Waals surface area contributed by atoms with Crippen molar-refractivity contribution in [2.75, 3.05) is 0 Å². The largest absolute Gasteiger partial charge is 0.443 e. The third-order valence-corrected chi connectivity index (χ3v) is 32.2. The van der Waals surface area contributed by atoms with Crippen LogP contribution in [0.15, 0.2) is 224 Å². The van der Waals surface area contributed by atoms with Crippen LogP contribution in [0.5, 0.6) is 0 Å². The Morgan fingerprint density at radius 2 is 0.512 bits per heavy atom. The normalized spacial score (nSPS) is 14.9. The van der Waals surface area contributed by atoms with E-state index >= 15 is 0 Å². The number of rotatable bonds is 34. The third kappa shape index (κ3) is 14.3. The molecule has 2 N–H and O–H groups in total. The maximum absolute atomic E-state index is 12.9. The van der Waals surface area contributed by atoms with Gasteiger partial charge in [0.05, 0.1) is 11.0 Å². The molecule has 0 spiro atoms. The summed E-state index contributed by atoms with van der Waals surface area (Å²) >= 11 is 0. The number of unbranched alkanes of at least 4 members (excludes halogenated alkanes) is 20. The first-order valence-electron chi connectivity index (χ1n) is 49.8. The maximum Gasteiger partial charge on any atom is 0.363 e. The van der Waals surface area contributed by atoms with Gasteiger partial charge in [0, 0.05) is 38.1 Å². The van der Waals surface area contributed by atoms with Crippen molar-refractivity contribution < 1.29 is 10.0 Å². The minimum atomic E-state index is -0.884. The van der Waals surface area contributed by atoms with Gasteiger partial charge in [0.2, 0.25) is 0 Å². The molecule has 0 atom stereocenters. The number of hydrogen-bond acceptors (Lipinski definition) is 2. The summed E-state index contributed by atoms with van der Waals surface area (Å²) in [6, 6.07) is 88.4. The van der Waals surface area contributed by atoms with Crippen LogP contribution in [0, 0.1) is 27.7 Å². The molecule has 5 heteroatoms. The van der Waals surface area contributed by atoms with Crippen LogP contribution < -0.4 is 21.9 Å². The predicted molar refractivity (Wildman–Crippen MR) is 546 cm³/mol. The SMILES string of the molecule is CCCCCCCCC1(CCCCCCCC)c2ccccc2-c2ccc(-c3ccc4c(c3)C(C)(C)c3cc(-c5cc(C)c(-c6cc7c8c(c6)c6cc(-c9c(C)cc(-c%10ccc%11c(c%10)C(C)(C)c%10cc(-c%12ccc%13c(c%12)C(CCCCCCCC)(CCCCCCCC)c%12ccccc%12-%13)ccc%10-%11)cc9C)cc9c6n8-c6c(cccc6B9O)B7O)c(C)c5)ccc3-4)cc21. The predicted octanol–water partition coefficient (Wildman–Crippen LogP) is 31.0. The topological polar surface area (TPSA) is 45.4 Å². The summed E-state index contributed by atoms with van der Waals surface area (Å²) in [4.78, 5) is 0. The van der Waals surface area contributed by atoms with E-state index < -0.39 is 13.8 Å². The molecule has 14 aromatic rings. The third-order valence-electron chi connectivity index (χ3n) is 32.2. The molecule has 20 rings (SSSR count). The van der Waals surface area contributed by atoms with E-state index in [1.54, 1.807) is 22.3 Å². The Kier molecular flexibility index (Phi) is 22.9. The van der Waals surface area contributed by atoms with Gasteiger partial charge in [-0.3, -0.25) is 0 Å². The summed E-state index contributed by atoms with van der Waals surface area (Å²) in [6.45, 7) is 26.4. The van der Waals surface area contributed by atoms with E-state index in [9.17, 15) is 10.0 Å². The van der Waals surface area contributed by atoms with Crippen molar-refractivity contribution in [1.82, 2.24) is 4.57 Å². The van der Waals surface area contributed by atoms with Crippen LogP contribution in [0.25, 0.3) is 139 Å². The Morgan fingerprint density at radius 3 is 0.827 bits per heavy atom. The Labute approximate surface area is 759 Å². The summed E-state index contributed by atoms with van der Waals surface area (Å²) in [5.74, 6) is 0. The van der Waals surface area contributed by atoms with Crippen molar-refractivity contribution >= 4 is 57.5 Å². The summed E-state index contributed by atoms with van der Waals surface area (Å²) in [5, 5.41) is 27.9. The lowest BCUT2D eigenvalue weighted by atomic mass is 9.48. The van der Waals surface area contributed by atoms with Crippen LogP contribution >= 0.6 is 0 Å². The Bertz CT molecular complexity index is 6180. The van der Waals surface area contributed by atoms with Crippen molar-refractivity contribution in [3.63, 3.8) is 0 Å². The molecule has 0 radical (unpaired) electrons. The molecule has 0 unspecified atom stereocenters. The molecule has 0 fully saturated rings. The summed E-state index contributed by atoms with van der Waals surface area (Å²) in [7, 11) is 0. The Hall–Kier alpha value is -10.3. The van der Waals surface area contributed by atoms with Crippen molar-refractivity contribution in [1.29, 1.82) is 0 Å². The summed E-state index contributed by atoms with van der Waals surface area (Å²) in [6.07, 6.45) is 36.4. The lowest BCUT2D eigenvalue weighted by molar-refractivity contribution is 0.398. The van der Waals surface area contributed by atoms with Crippen molar-refractivity contribution in [2.24, 2.45) is 0 Å². The van der Waals surface area contributed by atoms with Gasteiger partial charge in [-0.2, -0.15) is 0 Å². The molecule has 6 aliphatic rings. The van der Waals surface area contributed by atoms with Gasteiger partial charge < -0.3 is 14.6 Å². The van der Waals surface area contributed by atoms with Crippen LogP contribution in [0.2, 0.25) is 0 Å². The smallest absolute Gasteiger partial charge is 0.363 e. The molecule has 0 bridgehead atoms. The zero-order valence-electron chi connectivity index (χ0n) is 78.2. The number of aryl methyl sites for hydroxylation is 4. The van der Waals surface area contributed by atoms with E-state index in [1.165, 1.54) is 324 Å². The fourth-order valence-corrected chi connectivity index (χ4v) is 25.7. The average molecular weight is 1670 g/mol. The van der Waals surface area contributed by atoms with Crippen LogP contribution in [-0.4, -0.2) is 28.4 Å². The van der Waals surface area contributed by atoms with Gasteiger partial charge in [0.1, 0.15) is 0 Å². The maximum atomic E-state index is 12.9. The van der Waals surface area contributed by atoms with Gasteiger partial charge in [0.15, 0.2) is 0 Å². The van der Waals surface area contributed by atoms with E-state index in [2.05, 4.69) is 306 Å². The first-order valence-corrected chi connectivity index (χ1v) is 49.8. The van der Waals surface area contributed by atoms with E-state index in [1.807, 2.05) is 6.07 Å². The highest BCUT2D eigenvalue weighted by Gasteiger charge is 2.47. The zero-order chi connectivity index (χ0) is 87.4. The molecule has 3 nitrogen and oxygen atoms in total. The second-order valence-electron chi connectivity index (χ2n) is 41.0. The number of para-hydroxylation sites is 1. The molecule has 1 aromatic heterocycles. The van der Waals surface area contributed by atoms with Crippen LogP contribution in [0.3, 0.4) is 0 Å². The first-order chi connectivity index (χ1) is 61.8.